The van der Waals surface area contributed by atoms with Gasteiger partial charge in [-0.3, -0.25) is 0 Å². The van der Waals surface area contributed by atoms with E-state index in [2.05, 4.69) is 19.1 Å². The van der Waals surface area contributed by atoms with Crippen LogP contribution in [0.15, 0.2) is 24.3 Å². The van der Waals surface area contributed by atoms with Gasteiger partial charge in [-0.1, -0.05) is 12.1 Å². The summed E-state index contributed by atoms with van der Waals surface area (Å²) in [5, 5.41) is 0. The summed E-state index contributed by atoms with van der Waals surface area (Å²) >= 11 is 0. The Morgan fingerprint density at radius 1 is 1.33 bits per heavy atom. The lowest BCUT2D eigenvalue weighted by atomic mass is 9.95. The second-order valence-electron chi connectivity index (χ2n) is 6.48. The summed E-state index contributed by atoms with van der Waals surface area (Å²) in [6, 6.07) is 5.96. The molecule has 21 heavy (non-hydrogen) atoms. The summed E-state index contributed by atoms with van der Waals surface area (Å²) in [4.78, 5) is 13.8. The number of hydrogen-bond donors (Lipinski definition) is 1. The van der Waals surface area contributed by atoms with Crippen LogP contribution in [0.25, 0.3) is 5.57 Å². The number of nitrogens with zero attached hydrogens (tertiary/aromatic N) is 1. The molecule has 1 aliphatic heterocycles. The van der Waals surface area contributed by atoms with Gasteiger partial charge in [0.15, 0.2) is 0 Å². The first-order valence-corrected chi connectivity index (χ1v) is 7.30. The Kier molecular flexibility index (Phi) is 4.26. The van der Waals surface area contributed by atoms with E-state index in [0.717, 1.165) is 12.1 Å². The van der Waals surface area contributed by atoms with Crippen LogP contribution in [-0.4, -0.2) is 29.7 Å². The summed E-state index contributed by atoms with van der Waals surface area (Å²) in [5.41, 5.74) is 9.78. The van der Waals surface area contributed by atoms with E-state index in [0.29, 0.717) is 13.1 Å². The molecule has 0 bridgehead atoms. The van der Waals surface area contributed by atoms with E-state index in [4.69, 9.17) is 10.5 Å². The first kappa shape index (κ1) is 15.4. The summed E-state index contributed by atoms with van der Waals surface area (Å²) in [6.07, 6.45) is 2.70. The molecular formula is C17H24N2O2. The van der Waals surface area contributed by atoms with Crippen molar-refractivity contribution in [2.24, 2.45) is 0 Å². The number of aryl methyl sites for hydroxylation is 1. The molecule has 0 unspecified atom stereocenters. The van der Waals surface area contributed by atoms with Gasteiger partial charge in [-0.15, -0.1) is 0 Å². The maximum Gasteiger partial charge on any atom is 0.410 e. The molecule has 0 saturated carbocycles. The molecule has 0 fully saturated rings. The molecule has 0 radical (unpaired) electrons. The van der Waals surface area contributed by atoms with Crippen LogP contribution in [-0.2, 0) is 4.74 Å². The van der Waals surface area contributed by atoms with Crippen LogP contribution in [0.2, 0.25) is 0 Å². The van der Waals surface area contributed by atoms with Crippen molar-refractivity contribution >= 4 is 17.4 Å². The molecule has 0 atom stereocenters. The second-order valence-corrected chi connectivity index (χ2v) is 6.48. The molecule has 1 aromatic rings. The SMILES string of the molecule is Cc1cc(N)ccc1C1=CCN(C(=O)OC(C)(C)C)CC1. The lowest BCUT2D eigenvalue weighted by Gasteiger charge is -2.30. The van der Waals surface area contributed by atoms with Gasteiger partial charge < -0.3 is 15.4 Å². The van der Waals surface area contributed by atoms with E-state index in [9.17, 15) is 4.79 Å². The van der Waals surface area contributed by atoms with Crippen molar-refractivity contribution in [3.63, 3.8) is 0 Å². The van der Waals surface area contributed by atoms with Crippen LogP contribution in [0.3, 0.4) is 0 Å². The third kappa shape index (κ3) is 4.00. The standard InChI is InChI=1S/C17H24N2O2/c1-12-11-14(18)5-6-15(12)13-7-9-19(10-8-13)16(20)21-17(2,3)4/h5-7,11H,8-10,18H2,1-4H3. The van der Waals surface area contributed by atoms with E-state index < -0.39 is 5.60 Å². The number of anilines is 1. The van der Waals surface area contributed by atoms with Crippen LogP contribution in [0.4, 0.5) is 10.5 Å². The normalized spacial score (nSPS) is 15.6. The smallest absolute Gasteiger partial charge is 0.410 e. The van der Waals surface area contributed by atoms with Crippen molar-refractivity contribution in [2.45, 2.75) is 39.7 Å². The van der Waals surface area contributed by atoms with E-state index in [-0.39, 0.29) is 6.09 Å². The van der Waals surface area contributed by atoms with Crippen molar-refractivity contribution in [3.05, 3.63) is 35.4 Å². The largest absolute Gasteiger partial charge is 0.444 e. The fourth-order valence-electron chi connectivity index (χ4n) is 2.45. The lowest BCUT2D eigenvalue weighted by molar-refractivity contribution is 0.0270. The molecule has 2 N–H and O–H groups in total. The second kappa shape index (κ2) is 5.80. The highest BCUT2D eigenvalue weighted by atomic mass is 16.6. The monoisotopic (exact) mass is 288 g/mol. The van der Waals surface area contributed by atoms with Crippen LogP contribution < -0.4 is 5.73 Å². The number of rotatable bonds is 1. The number of benzene rings is 1. The predicted molar refractivity (Wildman–Crippen MR) is 86.0 cm³/mol. The van der Waals surface area contributed by atoms with Gasteiger partial charge in [0.1, 0.15) is 5.60 Å². The molecule has 0 aromatic heterocycles. The topological polar surface area (TPSA) is 55.6 Å². The van der Waals surface area contributed by atoms with Gasteiger partial charge in [0.05, 0.1) is 0 Å². The Morgan fingerprint density at radius 3 is 2.57 bits per heavy atom. The Bertz CT molecular complexity index is 571. The number of carbonyl (C=O) groups excluding carboxylic acids is 1. The highest BCUT2D eigenvalue weighted by Crippen LogP contribution is 2.27. The van der Waals surface area contributed by atoms with Gasteiger partial charge in [-0.25, -0.2) is 4.79 Å². The fraction of sp³-hybridized carbons (Fsp3) is 0.471. The zero-order valence-corrected chi connectivity index (χ0v) is 13.3. The molecule has 2 rings (SSSR count). The molecule has 1 aliphatic rings. The van der Waals surface area contributed by atoms with E-state index in [1.807, 2.05) is 32.9 Å². The number of hydrogen-bond acceptors (Lipinski definition) is 3. The van der Waals surface area contributed by atoms with Crippen molar-refractivity contribution in [3.8, 4) is 0 Å². The van der Waals surface area contributed by atoms with Gasteiger partial charge in [0, 0.05) is 18.8 Å². The van der Waals surface area contributed by atoms with Crippen molar-refractivity contribution in [1.29, 1.82) is 0 Å². The Balaban J connectivity index is 2.07. The Hall–Kier alpha value is -1.97. The van der Waals surface area contributed by atoms with Gasteiger partial charge in [-0.05, 0) is 62.9 Å². The highest BCUT2D eigenvalue weighted by molar-refractivity contribution is 5.74. The van der Waals surface area contributed by atoms with Gasteiger partial charge in [-0.2, -0.15) is 0 Å². The van der Waals surface area contributed by atoms with Crippen molar-refractivity contribution in [1.82, 2.24) is 4.90 Å². The van der Waals surface area contributed by atoms with Crippen LogP contribution in [0, 0.1) is 6.92 Å². The fourth-order valence-corrected chi connectivity index (χ4v) is 2.45. The maximum atomic E-state index is 12.0. The first-order chi connectivity index (χ1) is 9.76. The van der Waals surface area contributed by atoms with Gasteiger partial charge >= 0.3 is 6.09 Å². The van der Waals surface area contributed by atoms with Crippen LogP contribution >= 0.6 is 0 Å². The third-order valence-electron chi connectivity index (χ3n) is 3.46. The van der Waals surface area contributed by atoms with Crippen LogP contribution in [0.1, 0.15) is 38.3 Å². The molecule has 4 heteroatoms. The Labute approximate surface area is 126 Å². The predicted octanol–water partition coefficient (Wildman–Crippen LogP) is 3.60. The molecule has 0 saturated heterocycles. The van der Waals surface area contributed by atoms with E-state index in [1.165, 1.54) is 16.7 Å². The number of amides is 1. The molecule has 0 aliphatic carbocycles. The average Bonchev–Trinajstić information content (AvgIpc) is 2.37. The summed E-state index contributed by atoms with van der Waals surface area (Å²) < 4.78 is 5.40. The number of nitrogens with two attached hydrogens (primary N) is 1. The molecule has 4 nitrogen and oxygen atoms in total. The zero-order valence-electron chi connectivity index (χ0n) is 13.3. The number of nitrogen functional groups attached to an aromatic ring is 1. The van der Waals surface area contributed by atoms with E-state index in [1.54, 1.807) is 4.90 Å². The number of carbonyl (C=O) groups is 1. The molecule has 1 amide bonds. The van der Waals surface area contributed by atoms with Gasteiger partial charge in [0.2, 0.25) is 0 Å². The minimum Gasteiger partial charge on any atom is -0.444 e. The molecule has 1 heterocycles. The quantitative estimate of drug-likeness (QED) is 0.803. The minimum absolute atomic E-state index is 0.244. The molecule has 114 valence electrons. The zero-order chi connectivity index (χ0) is 15.6. The van der Waals surface area contributed by atoms with Crippen LogP contribution in [0.5, 0.6) is 0 Å². The maximum absolute atomic E-state index is 12.0. The van der Waals surface area contributed by atoms with Crippen molar-refractivity contribution < 1.29 is 9.53 Å². The molecule has 1 aromatic carbocycles. The average molecular weight is 288 g/mol. The summed E-state index contributed by atoms with van der Waals surface area (Å²) in [7, 11) is 0. The highest BCUT2D eigenvalue weighted by Gasteiger charge is 2.24. The third-order valence-corrected chi connectivity index (χ3v) is 3.46. The van der Waals surface area contributed by atoms with E-state index >= 15 is 0 Å². The Morgan fingerprint density at radius 2 is 2.05 bits per heavy atom. The lowest BCUT2D eigenvalue weighted by Crippen LogP contribution is -2.39. The van der Waals surface area contributed by atoms with Crippen molar-refractivity contribution in [2.75, 3.05) is 18.8 Å². The minimum atomic E-state index is -0.450. The first-order valence-electron chi connectivity index (χ1n) is 7.30. The summed E-state index contributed by atoms with van der Waals surface area (Å²) in [6.45, 7) is 8.99. The van der Waals surface area contributed by atoms with Gasteiger partial charge in [0.25, 0.3) is 0 Å². The summed E-state index contributed by atoms with van der Waals surface area (Å²) in [5.74, 6) is 0. The number of ether oxygens (including phenoxy) is 1. The molecular weight excluding hydrogens is 264 g/mol. The molecule has 0 spiro atoms.